The van der Waals surface area contributed by atoms with Crippen LogP contribution in [0.4, 0.5) is 43.9 Å². The third-order valence-corrected chi connectivity index (χ3v) is 6.77. The standard InChI is InChI=1S/C31H22F10O/c1-2-3-4-17-10-23(33)21(24(34)11-17)8-6-16-5-7-20(22(32)9-16)18-12-25(35)29(26(36)13-18)31(40,41)42-19-14-27(37)30(39)28(38)15-19/h2,5,9-15,20-21,23,25,29H,1,3-4,7H2. The van der Waals surface area contributed by atoms with Gasteiger partial charge in [-0.3, -0.25) is 0 Å². The van der Waals surface area contributed by atoms with Crippen molar-refractivity contribution in [1.29, 1.82) is 0 Å². The van der Waals surface area contributed by atoms with E-state index in [0.717, 1.165) is 6.08 Å². The van der Waals surface area contributed by atoms with E-state index in [-0.39, 0.29) is 29.7 Å². The van der Waals surface area contributed by atoms with Crippen LogP contribution in [0, 0.1) is 47.0 Å². The smallest absolute Gasteiger partial charge is 0.410 e. The van der Waals surface area contributed by atoms with Crippen molar-refractivity contribution in [1.82, 2.24) is 0 Å². The van der Waals surface area contributed by atoms with Crippen LogP contribution in [0.1, 0.15) is 19.3 Å². The van der Waals surface area contributed by atoms with Gasteiger partial charge in [-0.15, -0.1) is 6.58 Å². The summed E-state index contributed by atoms with van der Waals surface area (Å²) in [6.45, 7) is 3.55. The summed E-state index contributed by atoms with van der Waals surface area (Å²) >= 11 is 0. The number of halogens is 10. The van der Waals surface area contributed by atoms with E-state index in [1.165, 1.54) is 18.2 Å². The van der Waals surface area contributed by atoms with Gasteiger partial charge < -0.3 is 4.74 Å². The van der Waals surface area contributed by atoms with Crippen LogP contribution in [-0.2, 0) is 0 Å². The molecular formula is C31H22F10O. The molecule has 3 aliphatic carbocycles. The van der Waals surface area contributed by atoms with Gasteiger partial charge in [-0.2, -0.15) is 8.78 Å². The summed E-state index contributed by atoms with van der Waals surface area (Å²) in [6, 6.07) is 0.177. The third kappa shape index (κ3) is 6.75. The van der Waals surface area contributed by atoms with Crippen LogP contribution in [0.3, 0.4) is 0 Å². The summed E-state index contributed by atoms with van der Waals surface area (Å²) in [4.78, 5) is 0. The zero-order valence-corrected chi connectivity index (χ0v) is 21.6. The Bertz CT molecular complexity index is 1480. The largest absolute Gasteiger partial charge is 0.432 e. The van der Waals surface area contributed by atoms with E-state index < -0.39 is 76.9 Å². The monoisotopic (exact) mass is 600 g/mol. The van der Waals surface area contributed by atoms with Crippen molar-refractivity contribution in [3.63, 3.8) is 0 Å². The van der Waals surface area contributed by atoms with Gasteiger partial charge in [0.25, 0.3) is 0 Å². The molecule has 0 radical (unpaired) electrons. The van der Waals surface area contributed by atoms with Crippen LogP contribution in [0.2, 0.25) is 0 Å². The fraction of sp³-hybridized carbons (Fsp3) is 0.290. The van der Waals surface area contributed by atoms with E-state index in [1.54, 1.807) is 6.08 Å². The second-order valence-corrected chi connectivity index (χ2v) is 9.75. The van der Waals surface area contributed by atoms with Gasteiger partial charge in [0.1, 0.15) is 47.4 Å². The van der Waals surface area contributed by atoms with Crippen molar-refractivity contribution in [2.45, 2.75) is 37.7 Å². The average Bonchev–Trinajstić information content (AvgIpc) is 2.89. The fourth-order valence-corrected chi connectivity index (χ4v) is 4.65. The van der Waals surface area contributed by atoms with E-state index in [2.05, 4.69) is 23.2 Å². The predicted molar refractivity (Wildman–Crippen MR) is 136 cm³/mol. The van der Waals surface area contributed by atoms with Gasteiger partial charge in [0.15, 0.2) is 17.5 Å². The van der Waals surface area contributed by atoms with Crippen molar-refractivity contribution in [2.75, 3.05) is 0 Å². The lowest BCUT2D eigenvalue weighted by atomic mass is 9.82. The molecule has 11 heteroatoms. The Morgan fingerprint density at radius 2 is 1.60 bits per heavy atom. The van der Waals surface area contributed by atoms with Crippen LogP contribution < -0.4 is 4.74 Å². The number of benzene rings is 1. The Morgan fingerprint density at radius 3 is 2.19 bits per heavy atom. The summed E-state index contributed by atoms with van der Waals surface area (Å²) < 4.78 is 147. The zero-order chi connectivity index (χ0) is 30.8. The van der Waals surface area contributed by atoms with Gasteiger partial charge in [0.2, 0.25) is 0 Å². The molecule has 222 valence electrons. The van der Waals surface area contributed by atoms with Gasteiger partial charge in [0, 0.05) is 23.6 Å². The summed E-state index contributed by atoms with van der Waals surface area (Å²) in [5.41, 5.74) is 0.199. The number of hydrogen-bond donors (Lipinski definition) is 0. The Kier molecular flexibility index (Phi) is 9.24. The maximum Gasteiger partial charge on any atom is 0.410 e. The van der Waals surface area contributed by atoms with Gasteiger partial charge in [-0.05, 0) is 60.8 Å². The highest BCUT2D eigenvalue weighted by Gasteiger charge is 2.51. The molecule has 4 rings (SSSR count). The van der Waals surface area contributed by atoms with Gasteiger partial charge in [-0.1, -0.05) is 24.0 Å². The SMILES string of the molecule is C=CCCC1=CC(F)C(C#CC2=CCC(C3=CC(F)C(C(F)(F)Oc4cc(F)c(F)c(F)c4)C(F)=C3)C(F)=C2)C(F)=C1. The first-order valence-electron chi connectivity index (χ1n) is 12.7. The molecule has 0 amide bonds. The summed E-state index contributed by atoms with van der Waals surface area (Å²) in [5, 5.41) is 0. The zero-order valence-electron chi connectivity index (χ0n) is 21.6. The predicted octanol–water partition coefficient (Wildman–Crippen LogP) is 9.34. The molecule has 3 aliphatic rings. The average molecular weight is 600 g/mol. The van der Waals surface area contributed by atoms with E-state index in [4.69, 9.17) is 0 Å². The quantitative estimate of drug-likeness (QED) is 0.131. The van der Waals surface area contributed by atoms with Crippen molar-refractivity contribution >= 4 is 0 Å². The molecule has 5 unspecified atom stereocenters. The normalized spacial score (nSPS) is 26.0. The molecule has 0 saturated carbocycles. The van der Waals surface area contributed by atoms with E-state index in [9.17, 15) is 43.9 Å². The highest BCUT2D eigenvalue weighted by molar-refractivity contribution is 5.47. The Morgan fingerprint density at radius 1 is 0.905 bits per heavy atom. The lowest BCUT2D eigenvalue weighted by Crippen LogP contribution is -2.41. The maximum absolute atomic E-state index is 14.9. The first-order valence-corrected chi connectivity index (χ1v) is 12.7. The third-order valence-electron chi connectivity index (χ3n) is 6.77. The fourth-order valence-electron chi connectivity index (χ4n) is 4.65. The summed E-state index contributed by atoms with van der Waals surface area (Å²) in [7, 11) is 0. The van der Waals surface area contributed by atoms with Crippen molar-refractivity contribution in [2.24, 2.45) is 17.8 Å². The number of ether oxygens (including phenoxy) is 1. The Balaban J connectivity index is 1.45. The molecule has 0 bridgehead atoms. The van der Waals surface area contributed by atoms with E-state index >= 15 is 0 Å². The Labute approximate surface area is 234 Å². The molecule has 1 nitrogen and oxygen atoms in total. The topological polar surface area (TPSA) is 9.23 Å². The molecule has 0 aliphatic heterocycles. The molecule has 0 N–H and O–H groups in total. The number of alkyl halides is 4. The molecule has 1 aromatic carbocycles. The Hall–Kier alpha value is -3.94. The molecule has 1 aromatic rings. The second-order valence-electron chi connectivity index (χ2n) is 9.75. The lowest BCUT2D eigenvalue weighted by Gasteiger charge is -2.31. The van der Waals surface area contributed by atoms with Gasteiger partial charge in [-0.25, -0.2) is 35.1 Å². The second kappa shape index (κ2) is 12.5. The molecule has 0 saturated heterocycles. The van der Waals surface area contributed by atoms with Crippen LogP contribution in [-0.4, -0.2) is 18.5 Å². The van der Waals surface area contributed by atoms with Crippen LogP contribution >= 0.6 is 0 Å². The minimum atomic E-state index is -4.68. The molecule has 0 spiro atoms. The summed E-state index contributed by atoms with van der Waals surface area (Å²) in [6.07, 6.45) is -1.05. The van der Waals surface area contributed by atoms with E-state index in [0.29, 0.717) is 30.6 Å². The molecule has 42 heavy (non-hydrogen) atoms. The minimum absolute atomic E-state index is 0.0550. The molecular weight excluding hydrogens is 578 g/mol. The molecule has 5 atom stereocenters. The van der Waals surface area contributed by atoms with Crippen LogP contribution in [0.15, 0.2) is 95.4 Å². The van der Waals surface area contributed by atoms with Gasteiger partial charge >= 0.3 is 6.11 Å². The number of rotatable bonds is 7. The van der Waals surface area contributed by atoms with E-state index in [1.807, 2.05) is 0 Å². The first kappa shape index (κ1) is 31.0. The highest BCUT2D eigenvalue weighted by Crippen LogP contribution is 2.44. The molecule has 0 fully saturated rings. The lowest BCUT2D eigenvalue weighted by molar-refractivity contribution is -0.219. The number of allylic oxidation sites excluding steroid dienone is 12. The molecule has 0 heterocycles. The van der Waals surface area contributed by atoms with Crippen molar-refractivity contribution < 1.29 is 48.6 Å². The highest BCUT2D eigenvalue weighted by atomic mass is 19.3. The number of hydrogen-bond acceptors (Lipinski definition) is 1. The van der Waals surface area contributed by atoms with Gasteiger partial charge in [0.05, 0.1) is 0 Å². The maximum atomic E-state index is 14.9. The van der Waals surface area contributed by atoms with Crippen molar-refractivity contribution in [3.8, 4) is 17.6 Å². The van der Waals surface area contributed by atoms with Crippen LogP contribution in [0.25, 0.3) is 0 Å². The first-order chi connectivity index (χ1) is 19.8. The van der Waals surface area contributed by atoms with Crippen molar-refractivity contribution in [3.05, 3.63) is 113 Å². The summed E-state index contributed by atoms with van der Waals surface area (Å²) in [5.74, 6) is -11.0. The molecule has 0 aromatic heterocycles. The van der Waals surface area contributed by atoms with Crippen LogP contribution in [0.5, 0.6) is 5.75 Å². The minimum Gasteiger partial charge on any atom is -0.432 e.